The van der Waals surface area contributed by atoms with Gasteiger partial charge in [0.2, 0.25) is 0 Å². The molecule has 1 aliphatic rings. The van der Waals surface area contributed by atoms with Crippen LogP contribution >= 0.6 is 0 Å². The average molecular weight is 268 g/mol. The molecule has 0 atom stereocenters. The van der Waals surface area contributed by atoms with Gasteiger partial charge in [-0.3, -0.25) is 0 Å². The molecule has 2 nitrogen and oxygen atoms in total. The van der Waals surface area contributed by atoms with Crippen LogP contribution in [-0.4, -0.2) is 25.1 Å². The molecule has 0 amide bonds. The summed E-state index contributed by atoms with van der Waals surface area (Å²) in [4.78, 5) is 0. The van der Waals surface area contributed by atoms with Crippen LogP contribution in [0.1, 0.15) is 37.2 Å². The molecule has 0 heterocycles. The Morgan fingerprint density at radius 2 is 1.84 bits per heavy atom. The maximum absolute atomic E-state index is 12.3. The summed E-state index contributed by atoms with van der Waals surface area (Å²) >= 11 is 0. The molecule has 1 saturated carbocycles. The van der Waals surface area contributed by atoms with Gasteiger partial charge in [-0.05, 0) is 37.2 Å². The molecule has 1 aromatic carbocycles. The van der Waals surface area contributed by atoms with E-state index in [0.717, 1.165) is 25.7 Å². The standard InChI is InChI=1S/C15H22F2N2/c16-14(17)10-19-15(11-18)8-6-13(7-9-15)12-4-2-1-3-5-12/h1-5,13-14,19H,6-11,18H2. The Kier molecular flexibility index (Phi) is 4.88. The molecule has 3 N–H and O–H groups in total. The molecule has 0 unspecified atom stereocenters. The molecule has 0 bridgehead atoms. The van der Waals surface area contributed by atoms with Crippen LogP contribution in [-0.2, 0) is 0 Å². The summed E-state index contributed by atoms with van der Waals surface area (Å²) in [6.45, 7) is 0.175. The zero-order chi connectivity index (χ0) is 13.7. The minimum absolute atomic E-state index is 0.257. The predicted octanol–water partition coefficient (Wildman–Crippen LogP) is 2.90. The van der Waals surface area contributed by atoms with E-state index in [-0.39, 0.29) is 12.1 Å². The molecule has 1 aliphatic carbocycles. The fourth-order valence-corrected chi connectivity index (χ4v) is 2.98. The van der Waals surface area contributed by atoms with Crippen LogP contribution in [0.4, 0.5) is 8.78 Å². The van der Waals surface area contributed by atoms with Crippen molar-refractivity contribution < 1.29 is 8.78 Å². The highest BCUT2D eigenvalue weighted by Gasteiger charge is 2.34. The molecular weight excluding hydrogens is 246 g/mol. The fourth-order valence-electron chi connectivity index (χ4n) is 2.98. The minimum Gasteiger partial charge on any atom is -0.329 e. The normalized spacial score (nSPS) is 27.7. The highest BCUT2D eigenvalue weighted by molar-refractivity contribution is 5.20. The maximum atomic E-state index is 12.3. The summed E-state index contributed by atoms with van der Waals surface area (Å²) in [5, 5.41) is 2.98. The van der Waals surface area contributed by atoms with Gasteiger partial charge in [-0.25, -0.2) is 8.78 Å². The Labute approximate surface area is 113 Å². The van der Waals surface area contributed by atoms with Crippen LogP contribution in [0, 0.1) is 0 Å². The van der Waals surface area contributed by atoms with Crippen LogP contribution in [0.3, 0.4) is 0 Å². The molecule has 2 rings (SSSR count). The fraction of sp³-hybridized carbons (Fsp3) is 0.600. The number of hydrogen-bond donors (Lipinski definition) is 2. The second-order valence-corrected chi connectivity index (χ2v) is 5.44. The van der Waals surface area contributed by atoms with Crippen molar-refractivity contribution in [2.45, 2.75) is 43.6 Å². The molecule has 0 radical (unpaired) electrons. The van der Waals surface area contributed by atoms with Crippen molar-refractivity contribution in [1.29, 1.82) is 0 Å². The second-order valence-electron chi connectivity index (χ2n) is 5.44. The Balaban J connectivity index is 1.93. The third kappa shape index (κ3) is 3.74. The van der Waals surface area contributed by atoms with Gasteiger partial charge in [-0.2, -0.15) is 0 Å². The monoisotopic (exact) mass is 268 g/mol. The number of hydrogen-bond acceptors (Lipinski definition) is 2. The summed E-state index contributed by atoms with van der Waals surface area (Å²) in [7, 11) is 0. The van der Waals surface area contributed by atoms with Crippen molar-refractivity contribution in [3.05, 3.63) is 35.9 Å². The highest BCUT2D eigenvalue weighted by atomic mass is 19.3. The number of halogens is 2. The minimum atomic E-state index is -2.31. The smallest absolute Gasteiger partial charge is 0.250 e. The van der Waals surface area contributed by atoms with E-state index in [1.165, 1.54) is 5.56 Å². The van der Waals surface area contributed by atoms with Crippen molar-refractivity contribution >= 4 is 0 Å². The van der Waals surface area contributed by atoms with Crippen molar-refractivity contribution in [3.63, 3.8) is 0 Å². The Hall–Kier alpha value is -1.00. The van der Waals surface area contributed by atoms with E-state index in [2.05, 4.69) is 29.6 Å². The number of nitrogens with one attached hydrogen (secondary N) is 1. The largest absolute Gasteiger partial charge is 0.329 e. The van der Waals surface area contributed by atoms with Crippen molar-refractivity contribution in [1.82, 2.24) is 5.32 Å². The van der Waals surface area contributed by atoms with E-state index in [1.807, 2.05) is 6.07 Å². The van der Waals surface area contributed by atoms with Crippen LogP contribution in [0.2, 0.25) is 0 Å². The average Bonchev–Trinajstić information content (AvgIpc) is 2.47. The molecule has 106 valence electrons. The summed E-state index contributed by atoms with van der Waals surface area (Å²) in [5.41, 5.74) is 6.86. The quantitative estimate of drug-likeness (QED) is 0.861. The van der Waals surface area contributed by atoms with Gasteiger partial charge in [-0.15, -0.1) is 0 Å². The lowest BCUT2D eigenvalue weighted by atomic mass is 9.74. The molecule has 4 heteroatoms. The van der Waals surface area contributed by atoms with E-state index in [1.54, 1.807) is 0 Å². The zero-order valence-corrected chi connectivity index (χ0v) is 11.1. The first-order valence-electron chi connectivity index (χ1n) is 6.93. The van der Waals surface area contributed by atoms with Crippen molar-refractivity contribution in [3.8, 4) is 0 Å². The third-order valence-corrected chi connectivity index (χ3v) is 4.24. The van der Waals surface area contributed by atoms with E-state index < -0.39 is 6.43 Å². The summed E-state index contributed by atoms with van der Waals surface area (Å²) in [6, 6.07) is 10.4. The highest BCUT2D eigenvalue weighted by Crippen LogP contribution is 2.37. The number of nitrogens with two attached hydrogens (primary N) is 1. The Morgan fingerprint density at radius 1 is 1.21 bits per heavy atom. The van der Waals surface area contributed by atoms with Crippen LogP contribution < -0.4 is 11.1 Å². The summed E-state index contributed by atoms with van der Waals surface area (Å²) in [6.07, 6.45) is 1.45. The zero-order valence-electron chi connectivity index (χ0n) is 11.1. The lowest BCUT2D eigenvalue weighted by Crippen LogP contribution is -2.54. The number of benzene rings is 1. The van der Waals surface area contributed by atoms with Gasteiger partial charge in [0.1, 0.15) is 0 Å². The van der Waals surface area contributed by atoms with Gasteiger partial charge < -0.3 is 11.1 Å². The van der Waals surface area contributed by atoms with Crippen molar-refractivity contribution in [2.75, 3.05) is 13.1 Å². The first-order valence-corrected chi connectivity index (χ1v) is 6.93. The van der Waals surface area contributed by atoms with Crippen molar-refractivity contribution in [2.24, 2.45) is 5.73 Å². The van der Waals surface area contributed by atoms with Gasteiger partial charge >= 0.3 is 0 Å². The van der Waals surface area contributed by atoms with Gasteiger partial charge in [0, 0.05) is 12.1 Å². The van der Waals surface area contributed by atoms with Gasteiger partial charge in [0.05, 0.1) is 6.54 Å². The SMILES string of the molecule is NCC1(NCC(F)F)CCC(c2ccccc2)CC1. The first kappa shape index (κ1) is 14.4. The molecule has 1 fully saturated rings. The molecular formula is C15H22F2N2. The van der Waals surface area contributed by atoms with Crippen LogP contribution in [0.15, 0.2) is 30.3 Å². The molecule has 1 aromatic rings. The van der Waals surface area contributed by atoms with Gasteiger partial charge in [0.15, 0.2) is 0 Å². The topological polar surface area (TPSA) is 38.0 Å². The van der Waals surface area contributed by atoms with Gasteiger partial charge in [-0.1, -0.05) is 30.3 Å². The van der Waals surface area contributed by atoms with Crippen LogP contribution in [0.5, 0.6) is 0 Å². The summed E-state index contributed by atoms with van der Waals surface area (Å²) < 4.78 is 24.7. The third-order valence-electron chi connectivity index (χ3n) is 4.24. The van der Waals surface area contributed by atoms with Gasteiger partial charge in [0.25, 0.3) is 6.43 Å². The molecule has 0 saturated heterocycles. The lowest BCUT2D eigenvalue weighted by Gasteiger charge is -2.40. The number of alkyl halides is 2. The molecule has 0 aromatic heterocycles. The Morgan fingerprint density at radius 3 is 2.37 bits per heavy atom. The maximum Gasteiger partial charge on any atom is 0.250 e. The molecule has 0 spiro atoms. The molecule has 19 heavy (non-hydrogen) atoms. The van der Waals surface area contributed by atoms with E-state index in [4.69, 9.17) is 5.73 Å². The molecule has 0 aliphatic heterocycles. The Bertz CT molecular complexity index is 373. The number of rotatable bonds is 5. The first-order chi connectivity index (χ1) is 9.15. The predicted molar refractivity (Wildman–Crippen MR) is 73.4 cm³/mol. The summed E-state index contributed by atoms with van der Waals surface area (Å²) in [5.74, 6) is 0.536. The van der Waals surface area contributed by atoms with E-state index in [9.17, 15) is 8.78 Å². The van der Waals surface area contributed by atoms with Crippen LogP contribution in [0.25, 0.3) is 0 Å². The second kappa shape index (κ2) is 6.44. The van der Waals surface area contributed by atoms with E-state index >= 15 is 0 Å². The lowest BCUT2D eigenvalue weighted by molar-refractivity contribution is 0.117. The van der Waals surface area contributed by atoms with E-state index in [0.29, 0.717) is 12.5 Å².